The molecule has 58 valence electrons. The second kappa shape index (κ2) is 2.66. The minimum Gasteiger partial charge on any atom is -0.310 e. The van der Waals surface area contributed by atoms with E-state index >= 15 is 0 Å². The van der Waals surface area contributed by atoms with Crippen LogP contribution in [0.3, 0.4) is 0 Å². The highest BCUT2D eigenvalue weighted by Crippen LogP contribution is 2.33. The van der Waals surface area contributed by atoms with Gasteiger partial charge in [-0.25, -0.2) is 0 Å². The molecule has 2 nitrogen and oxygen atoms in total. The molecule has 0 atom stereocenters. The molecule has 1 aromatic rings. The third-order valence-corrected chi connectivity index (χ3v) is 2.46. The van der Waals surface area contributed by atoms with Crippen LogP contribution in [0.4, 0.5) is 11.4 Å². The first-order chi connectivity index (χ1) is 5.40. The van der Waals surface area contributed by atoms with Crippen LogP contribution in [-0.2, 0) is 6.42 Å². The maximum Gasteiger partial charge on any atom is 0.0700 e. The van der Waals surface area contributed by atoms with Gasteiger partial charge >= 0.3 is 0 Å². The highest BCUT2D eigenvalue weighted by Gasteiger charge is 2.08. The standard InChI is InChI=1S/C8H10N2S/c1-2-6-3-4-7-8(5-6)10-11-9-7/h3-5,9-10H,2H2,1H3. The Hall–Kier alpha value is -0.830. The molecule has 0 fully saturated rings. The van der Waals surface area contributed by atoms with Crippen LogP contribution < -0.4 is 9.44 Å². The normalized spacial score (nSPS) is 13.5. The van der Waals surface area contributed by atoms with Crippen LogP contribution in [0.5, 0.6) is 0 Å². The molecule has 1 aliphatic rings. The van der Waals surface area contributed by atoms with Gasteiger partial charge in [-0.05, 0) is 24.1 Å². The molecule has 0 unspecified atom stereocenters. The zero-order valence-electron chi connectivity index (χ0n) is 6.35. The van der Waals surface area contributed by atoms with Gasteiger partial charge in [0.25, 0.3) is 0 Å². The van der Waals surface area contributed by atoms with Crippen LogP contribution in [-0.4, -0.2) is 0 Å². The quantitative estimate of drug-likeness (QED) is 0.627. The monoisotopic (exact) mass is 166 g/mol. The average molecular weight is 166 g/mol. The first kappa shape index (κ1) is 6.85. The van der Waals surface area contributed by atoms with Crippen molar-refractivity contribution in [3.8, 4) is 0 Å². The van der Waals surface area contributed by atoms with E-state index in [1.165, 1.54) is 29.1 Å². The second-order valence-corrected chi connectivity index (χ2v) is 3.15. The van der Waals surface area contributed by atoms with Gasteiger partial charge in [-0.2, -0.15) is 0 Å². The Balaban J connectivity index is 2.41. The van der Waals surface area contributed by atoms with E-state index in [0.29, 0.717) is 0 Å². The molecule has 0 aliphatic carbocycles. The fraction of sp³-hybridized carbons (Fsp3) is 0.250. The fourth-order valence-corrected chi connectivity index (χ4v) is 1.74. The van der Waals surface area contributed by atoms with E-state index in [4.69, 9.17) is 0 Å². The largest absolute Gasteiger partial charge is 0.310 e. The third-order valence-electron chi connectivity index (χ3n) is 1.81. The lowest BCUT2D eigenvalue weighted by molar-refractivity contribution is 1.14. The number of benzene rings is 1. The molecule has 0 spiro atoms. The van der Waals surface area contributed by atoms with Crippen molar-refractivity contribution < 1.29 is 0 Å². The number of fused-ring (bicyclic) bond motifs is 1. The lowest BCUT2D eigenvalue weighted by atomic mass is 10.1. The molecule has 11 heavy (non-hydrogen) atoms. The molecular formula is C8H10N2S. The summed E-state index contributed by atoms with van der Waals surface area (Å²) in [6.45, 7) is 2.16. The van der Waals surface area contributed by atoms with Gasteiger partial charge in [-0.3, -0.25) is 0 Å². The van der Waals surface area contributed by atoms with Crippen molar-refractivity contribution in [2.24, 2.45) is 0 Å². The van der Waals surface area contributed by atoms with E-state index in [2.05, 4.69) is 34.6 Å². The highest BCUT2D eigenvalue weighted by atomic mass is 32.2. The van der Waals surface area contributed by atoms with E-state index in [1.807, 2.05) is 0 Å². The van der Waals surface area contributed by atoms with Crippen LogP contribution in [0.1, 0.15) is 12.5 Å². The molecule has 1 heterocycles. The first-order valence-corrected chi connectivity index (χ1v) is 4.52. The number of rotatable bonds is 1. The van der Waals surface area contributed by atoms with Gasteiger partial charge in [0.15, 0.2) is 0 Å². The SMILES string of the molecule is CCc1ccc2c(c1)NSN2. The Morgan fingerprint density at radius 2 is 2.09 bits per heavy atom. The Bertz CT molecular complexity index is 273. The van der Waals surface area contributed by atoms with Crippen molar-refractivity contribution in [2.45, 2.75) is 13.3 Å². The predicted molar refractivity (Wildman–Crippen MR) is 50.7 cm³/mol. The smallest absolute Gasteiger partial charge is 0.0700 e. The predicted octanol–water partition coefficient (Wildman–Crippen LogP) is 2.65. The molecule has 1 aliphatic heterocycles. The summed E-state index contributed by atoms with van der Waals surface area (Å²) in [6.07, 6.45) is 1.10. The summed E-state index contributed by atoms with van der Waals surface area (Å²) in [5, 5.41) is 0. The minimum absolute atomic E-state index is 1.10. The third kappa shape index (κ3) is 1.16. The Kier molecular flexibility index (Phi) is 1.66. The number of hydrogen-bond acceptors (Lipinski definition) is 3. The summed E-state index contributed by atoms with van der Waals surface area (Å²) in [5.41, 5.74) is 3.77. The summed E-state index contributed by atoms with van der Waals surface area (Å²) < 4.78 is 6.34. The lowest BCUT2D eigenvalue weighted by Crippen LogP contribution is -1.82. The van der Waals surface area contributed by atoms with Gasteiger partial charge in [-0.15, -0.1) is 0 Å². The molecule has 0 aromatic heterocycles. The summed E-state index contributed by atoms with van der Waals surface area (Å²) in [5.74, 6) is 0. The van der Waals surface area contributed by atoms with Gasteiger partial charge < -0.3 is 9.44 Å². The number of nitrogens with one attached hydrogen (secondary N) is 2. The van der Waals surface area contributed by atoms with Crippen LogP contribution >= 0.6 is 12.1 Å². The number of anilines is 2. The summed E-state index contributed by atoms with van der Waals surface area (Å²) in [4.78, 5) is 0. The van der Waals surface area contributed by atoms with E-state index in [1.54, 1.807) is 0 Å². The Morgan fingerprint density at radius 1 is 1.27 bits per heavy atom. The van der Waals surface area contributed by atoms with Gasteiger partial charge in [-0.1, -0.05) is 13.0 Å². The minimum atomic E-state index is 1.10. The molecule has 1 aromatic carbocycles. The second-order valence-electron chi connectivity index (χ2n) is 2.54. The van der Waals surface area contributed by atoms with Gasteiger partial charge in [0.05, 0.1) is 23.5 Å². The highest BCUT2D eigenvalue weighted by molar-refractivity contribution is 8.02. The molecule has 2 N–H and O–H groups in total. The molecule has 3 heteroatoms. The number of hydrogen-bond donors (Lipinski definition) is 2. The lowest BCUT2D eigenvalue weighted by Gasteiger charge is -1.99. The number of aryl methyl sites for hydroxylation is 1. The van der Waals surface area contributed by atoms with E-state index in [9.17, 15) is 0 Å². The van der Waals surface area contributed by atoms with Crippen LogP contribution in [0.15, 0.2) is 18.2 Å². The van der Waals surface area contributed by atoms with Gasteiger partial charge in [0, 0.05) is 0 Å². The maximum absolute atomic E-state index is 3.18. The molecule has 0 bridgehead atoms. The van der Waals surface area contributed by atoms with E-state index < -0.39 is 0 Å². The Labute approximate surface area is 70.6 Å². The molecule has 0 saturated carbocycles. The maximum atomic E-state index is 3.18. The van der Waals surface area contributed by atoms with Gasteiger partial charge in [0.1, 0.15) is 0 Å². The van der Waals surface area contributed by atoms with Crippen molar-refractivity contribution in [3.63, 3.8) is 0 Å². The van der Waals surface area contributed by atoms with Crippen molar-refractivity contribution >= 4 is 23.5 Å². The van der Waals surface area contributed by atoms with E-state index in [-0.39, 0.29) is 0 Å². The summed E-state index contributed by atoms with van der Waals surface area (Å²) >= 11 is 1.52. The zero-order valence-corrected chi connectivity index (χ0v) is 7.16. The van der Waals surface area contributed by atoms with Crippen LogP contribution in [0.25, 0.3) is 0 Å². The topological polar surface area (TPSA) is 24.1 Å². The molecular weight excluding hydrogens is 156 g/mol. The zero-order chi connectivity index (χ0) is 7.68. The van der Waals surface area contributed by atoms with E-state index in [0.717, 1.165) is 6.42 Å². The Morgan fingerprint density at radius 3 is 2.91 bits per heavy atom. The van der Waals surface area contributed by atoms with Crippen molar-refractivity contribution in [3.05, 3.63) is 23.8 Å². The summed E-state index contributed by atoms with van der Waals surface area (Å²) in [6, 6.07) is 6.45. The molecule has 0 amide bonds. The van der Waals surface area contributed by atoms with Crippen molar-refractivity contribution in [1.29, 1.82) is 0 Å². The van der Waals surface area contributed by atoms with Crippen LogP contribution in [0.2, 0.25) is 0 Å². The fourth-order valence-electron chi connectivity index (χ4n) is 1.12. The molecule has 0 saturated heterocycles. The summed E-state index contributed by atoms with van der Waals surface area (Å²) in [7, 11) is 0. The van der Waals surface area contributed by atoms with Crippen molar-refractivity contribution in [1.82, 2.24) is 0 Å². The van der Waals surface area contributed by atoms with Crippen LogP contribution in [0, 0.1) is 0 Å². The van der Waals surface area contributed by atoms with Gasteiger partial charge in [0.2, 0.25) is 0 Å². The molecule has 2 rings (SSSR count). The van der Waals surface area contributed by atoms with Crippen molar-refractivity contribution in [2.75, 3.05) is 9.44 Å². The first-order valence-electron chi connectivity index (χ1n) is 3.71. The molecule has 0 radical (unpaired) electrons. The average Bonchev–Trinajstić information content (AvgIpc) is 2.50.